The standard InChI is InChI=1S/C14H18FNO3/c1-2-19-11-5-7-16(8-6-11)13-4-3-10(14(17)18)9-12(13)15/h3-4,9,11H,2,5-8H2,1H3,(H,17,18). The number of rotatable bonds is 4. The smallest absolute Gasteiger partial charge is 0.335 e. The minimum atomic E-state index is -1.11. The minimum absolute atomic E-state index is 0.0227. The highest BCUT2D eigenvalue weighted by Gasteiger charge is 2.21. The number of anilines is 1. The molecule has 1 N–H and O–H groups in total. The Morgan fingerprint density at radius 2 is 2.16 bits per heavy atom. The largest absolute Gasteiger partial charge is 0.478 e. The SMILES string of the molecule is CCOC1CCN(c2ccc(C(=O)O)cc2F)CC1. The van der Waals surface area contributed by atoms with E-state index in [1.165, 1.54) is 6.07 Å². The maximum Gasteiger partial charge on any atom is 0.335 e. The van der Waals surface area contributed by atoms with Crippen molar-refractivity contribution in [2.24, 2.45) is 0 Å². The van der Waals surface area contributed by atoms with Gasteiger partial charge in [0.2, 0.25) is 0 Å². The summed E-state index contributed by atoms with van der Waals surface area (Å²) in [6, 6.07) is 4.06. The number of hydrogen-bond donors (Lipinski definition) is 1. The second-order valence-corrected chi connectivity index (χ2v) is 4.61. The van der Waals surface area contributed by atoms with E-state index >= 15 is 0 Å². The second-order valence-electron chi connectivity index (χ2n) is 4.61. The lowest BCUT2D eigenvalue weighted by Crippen LogP contribution is -2.37. The van der Waals surface area contributed by atoms with Gasteiger partial charge >= 0.3 is 5.97 Å². The fourth-order valence-corrected chi connectivity index (χ4v) is 2.40. The van der Waals surface area contributed by atoms with Crippen molar-refractivity contribution >= 4 is 11.7 Å². The van der Waals surface area contributed by atoms with Gasteiger partial charge in [-0.15, -0.1) is 0 Å². The third kappa shape index (κ3) is 3.23. The van der Waals surface area contributed by atoms with Gasteiger partial charge in [0.05, 0.1) is 17.4 Å². The van der Waals surface area contributed by atoms with Gasteiger partial charge in [-0.25, -0.2) is 9.18 Å². The molecule has 1 saturated heterocycles. The monoisotopic (exact) mass is 267 g/mol. The summed E-state index contributed by atoms with van der Waals surface area (Å²) in [7, 11) is 0. The molecule has 1 heterocycles. The molecule has 0 aromatic heterocycles. The molecule has 1 aromatic rings. The first-order valence-electron chi connectivity index (χ1n) is 6.51. The zero-order valence-corrected chi connectivity index (χ0v) is 10.9. The molecule has 0 amide bonds. The molecule has 104 valence electrons. The molecule has 5 heteroatoms. The molecule has 4 nitrogen and oxygen atoms in total. The van der Waals surface area contributed by atoms with Gasteiger partial charge in [-0.3, -0.25) is 0 Å². The van der Waals surface area contributed by atoms with Crippen molar-refractivity contribution in [3.8, 4) is 0 Å². The zero-order valence-electron chi connectivity index (χ0n) is 10.9. The third-order valence-corrected chi connectivity index (χ3v) is 3.38. The van der Waals surface area contributed by atoms with Crippen LogP contribution in [0.25, 0.3) is 0 Å². The normalized spacial score (nSPS) is 16.6. The van der Waals surface area contributed by atoms with E-state index in [1.54, 1.807) is 6.07 Å². The number of ether oxygens (including phenoxy) is 1. The number of halogens is 1. The van der Waals surface area contributed by atoms with Crippen LogP contribution < -0.4 is 4.90 Å². The highest BCUT2D eigenvalue weighted by Crippen LogP contribution is 2.25. The number of carboxylic acid groups (broad SMARTS) is 1. The Morgan fingerprint density at radius 1 is 1.47 bits per heavy atom. The number of nitrogens with zero attached hydrogens (tertiary/aromatic N) is 1. The van der Waals surface area contributed by atoms with Crippen molar-refractivity contribution in [3.63, 3.8) is 0 Å². The topological polar surface area (TPSA) is 49.8 Å². The summed E-state index contributed by atoms with van der Waals surface area (Å²) in [6.45, 7) is 4.13. The second kappa shape index (κ2) is 6.02. The van der Waals surface area contributed by atoms with E-state index in [0.717, 1.165) is 32.0 Å². The van der Waals surface area contributed by atoms with E-state index in [1.807, 2.05) is 11.8 Å². The summed E-state index contributed by atoms with van der Waals surface area (Å²) < 4.78 is 19.5. The average molecular weight is 267 g/mol. The molecule has 2 rings (SSSR count). The van der Waals surface area contributed by atoms with Crippen LogP contribution in [0.4, 0.5) is 10.1 Å². The first-order chi connectivity index (χ1) is 9.11. The zero-order chi connectivity index (χ0) is 13.8. The van der Waals surface area contributed by atoms with Gasteiger partial charge in [0.25, 0.3) is 0 Å². The van der Waals surface area contributed by atoms with E-state index in [9.17, 15) is 9.18 Å². The van der Waals surface area contributed by atoms with Gasteiger partial charge in [0, 0.05) is 19.7 Å². The molecule has 1 aromatic carbocycles. The van der Waals surface area contributed by atoms with Gasteiger partial charge in [-0.2, -0.15) is 0 Å². The van der Waals surface area contributed by atoms with Crippen molar-refractivity contribution < 1.29 is 19.0 Å². The first-order valence-corrected chi connectivity index (χ1v) is 6.51. The summed E-state index contributed by atoms with van der Waals surface area (Å²) in [5.74, 6) is -1.59. The van der Waals surface area contributed by atoms with Gasteiger partial charge in [-0.05, 0) is 38.0 Å². The van der Waals surface area contributed by atoms with Gasteiger partial charge in [-0.1, -0.05) is 0 Å². The van der Waals surface area contributed by atoms with E-state index in [2.05, 4.69) is 0 Å². The molecule has 1 fully saturated rings. The maximum absolute atomic E-state index is 13.9. The van der Waals surface area contributed by atoms with E-state index in [0.29, 0.717) is 12.3 Å². The Bertz CT molecular complexity index is 456. The van der Waals surface area contributed by atoms with Gasteiger partial charge in [0.1, 0.15) is 5.82 Å². The van der Waals surface area contributed by atoms with Crippen LogP contribution in [0, 0.1) is 5.82 Å². The van der Waals surface area contributed by atoms with Crippen LogP contribution in [0.5, 0.6) is 0 Å². The number of piperidine rings is 1. The molecule has 0 saturated carbocycles. The fourth-order valence-electron chi connectivity index (χ4n) is 2.40. The lowest BCUT2D eigenvalue weighted by atomic mass is 10.1. The maximum atomic E-state index is 13.9. The molecule has 1 aliphatic rings. The Hall–Kier alpha value is -1.62. The van der Waals surface area contributed by atoms with Crippen LogP contribution in [0.1, 0.15) is 30.1 Å². The van der Waals surface area contributed by atoms with Gasteiger partial charge in [0.15, 0.2) is 0 Å². The van der Waals surface area contributed by atoms with Crippen LogP contribution >= 0.6 is 0 Å². The minimum Gasteiger partial charge on any atom is -0.478 e. The van der Waals surface area contributed by atoms with Crippen molar-refractivity contribution in [2.45, 2.75) is 25.9 Å². The Kier molecular flexibility index (Phi) is 4.37. The Morgan fingerprint density at radius 3 is 2.68 bits per heavy atom. The Labute approximate surface area is 111 Å². The highest BCUT2D eigenvalue weighted by molar-refractivity contribution is 5.88. The van der Waals surface area contributed by atoms with Crippen molar-refractivity contribution in [3.05, 3.63) is 29.6 Å². The number of aromatic carboxylic acids is 1. The Balaban J connectivity index is 2.05. The van der Waals surface area contributed by atoms with Crippen molar-refractivity contribution in [1.29, 1.82) is 0 Å². The number of carbonyl (C=O) groups is 1. The van der Waals surface area contributed by atoms with Crippen LogP contribution in [-0.4, -0.2) is 36.9 Å². The molecule has 0 atom stereocenters. The van der Waals surface area contributed by atoms with E-state index in [4.69, 9.17) is 9.84 Å². The molecule has 0 aliphatic carbocycles. The summed E-state index contributed by atoms with van der Waals surface area (Å²) in [6.07, 6.45) is 1.99. The van der Waals surface area contributed by atoms with Crippen molar-refractivity contribution in [1.82, 2.24) is 0 Å². The summed E-state index contributed by atoms with van der Waals surface area (Å²) in [5.41, 5.74) is 0.449. The first kappa shape index (κ1) is 13.8. The summed E-state index contributed by atoms with van der Waals surface area (Å²) >= 11 is 0. The summed E-state index contributed by atoms with van der Waals surface area (Å²) in [4.78, 5) is 12.7. The predicted octanol–water partition coefficient (Wildman–Crippen LogP) is 2.53. The van der Waals surface area contributed by atoms with Crippen LogP contribution in [0.2, 0.25) is 0 Å². The number of hydrogen-bond acceptors (Lipinski definition) is 3. The number of carboxylic acids is 1. The van der Waals surface area contributed by atoms with E-state index in [-0.39, 0.29) is 11.7 Å². The quantitative estimate of drug-likeness (QED) is 0.910. The lowest BCUT2D eigenvalue weighted by molar-refractivity contribution is 0.0458. The molecule has 19 heavy (non-hydrogen) atoms. The van der Waals surface area contributed by atoms with Crippen LogP contribution in [-0.2, 0) is 4.74 Å². The van der Waals surface area contributed by atoms with Crippen LogP contribution in [0.3, 0.4) is 0 Å². The fraction of sp³-hybridized carbons (Fsp3) is 0.500. The molecule has 0 bridgehead atoms. The van der Waals surface area contributed by atoms with E-state index < -0.39 is 11.8 Å². The molecular formula is C14H18FNO3. The van der Waals surface area contributed by atoms with Crippen molar-refractivity contribution in [2.75, 3.05) is 24.6 Å². The molecular weight excluding hydrogens is 249 g/mol. The predicted molar refractivity (Wildman–Crippen MR) is 70.2 cm³/mol. The number of benzene rings is 1. The third-order valence-electron chi connectivity index (χ3n) is 3.38. The van der Waals surface area contributed by atoms with Gasteiger partial charge < -0.3 is 14.7 Å². The summed E-state index contributed by atoms with van der Waals surface area (Å²) in [5, 5.41) is 8.81. The molecule has 0 radical (unpaired) electrons. The van der Waals surface area contributed by atoms with Crippen LogP contribution in [0.15, 0.2) is 18.2 Å². The lowest BCUT2D eigenvalue weighted by Gasteiger charge is -2.33. The average Bonchev–Trinajstić information content (AvgIpc) is 2.40. The highest BCUT2D eigenvalue weighted by atomic mass is 19.1. The molecule has 1 aliphatic heterocycles. The molecule has 0 unspecified atom stereocenters. The molecule has 0 spiro atoms.